The minimum atomic E-state index is -0.515. The fraction of sp³-hybridized carbons (Fsp3) is 0.737. The van der Waals surface area contributed by atoms with E-state index >= 15 is 0 Å². The second kappa shape index (κ2) is 17.6. The van der Waals surface area contributed by atoms with Crippen molar-refractivity contribution in [2.75, 3.05) is 54.0 Å². The molecule has 0 bridgehead atoms. The van der Waals surface area contributed by atoms with Crippen molar-refractivity contribution in [2.45, 2.75) is 38.6 Å². The number of nitrogens with one attached hydrogen (secondary N) is 3. The Kier molecular flexibility index (Phi) is 15.4. The highest BCUT2D eigenvalue weighted by Gasteiger charge is 2.31. The molecule has 0 spiro atoms. The van der Waals surface area contributed by atoms with E-state index < -0.39 is 11.8 Å². The molecule has 13 heteroatoms. The van der Waals surface area contributed by atoms with Gasteiger partial charge in [0.25, 0.3) is 11.8 Å². The van der Waals surface area contributed by atoms with Crippen molar-refractivity contribution in [1.29, 1.82) is 0 Å². The molecular weight excluding hydrogens is 426 g/mol. The van der Waals surface area contributed by atoms with Gasteiger partial charge in [0.15, 0.2) is 13.6 Å². The number of hydrazine groups is 1. The van der Waals surface area contributed by atoms with Crippen LogP contribution in [0.1, 0.15) is 32.6 Å². The molecule has 3 amide bonds. The number of imide groups is 1. The third kappa shape index (κ3) is 11.6. The lowest BCUT2D eigenvalue weighted by Gasteiger charge is -2.30. The first-order valence-electron chi connectivity index (χ1n) is 10.5. The topological polar surface area (TPSA) is 140 Å². The van der Waals surface area contributed by atoms with E-state index in [2.05, 4.69) is 16.3 Å². The molecule has 32 heavy (non-hydrogen) atoms. The maximum atomic E-state index is 12.1. The van der Waals surface area contributed by atoms with E-state index in [0.717, 1.165) is 23.0 Å². The number of hydrogen-bond donors (Lipinski definition) is 3. The van der Waals surface area contributed by atoms with E-state index in [1.54, 1.807) is 14.0 Å². The number of hydroxylamine groups is 3. The monoisotopic (exact) mass is 461 g/mol. The van der Waals surface area contributed by atoms with Gasteiger partial charge in [0, 0.05) is 45.9 Å². The summed E-state index contributed by atoms with van der Waals surface area (Å²) in [5.41, 5.74) is 5.65. The molecule has 0 radical (unpaired) electrons. The van der Waals surface area contributed by atoms with Gasteiger partial charge in [-0.15, -0.1) is 0 Å². The van der Waals surface area contributed by atoms with Crippen LogP contribution in [0.3, 0.4) is 0 Å². The molecule has 3 N–H and O–H groups in total. The molecule has 1 rings (SSSR count). The summed E-state index contributed by atoms with van der Waals surface area (Å²) in [6, 6.07) is -0.251. The van der Waals surface area contributed by atoms with Crippen LogP contribution in [0.15, 0.2) is 12.2 Å². The Hall–Kier alpha value is -1.97. The molecule has 0 aromatic heterocycles. The second-order valence-corrected chi connectivity index (χ2v) is 6.70. The van der Waals surface area contributed by atoms with Gasteiger partial charge in [-0.1, -0.05) is 18.5 Å². The lowest BCUT2D eigenvalue weighted by molar-refractivity contribution is -0.268. The van der Waals surface area contributed by atoms with Crippen molar-refractivity contribution in [1.82, 2.24) is 26.5 Å². The zero-order valence-electron chi connectivity index (χ0n) is 19.0. The first-order chi connectivity index (χ1) is 15.5. The maximum Gasteiger partial charge on any atom is 0.270 e. The Morgan fingerprint density at radius 2 is 1.75 bits per heavy atom. The van der Waals surface area contributed by atoms with E-state index in [1.165, 1.54) is 19.3 Å². The van der Waals surface area contributed by atoms with Crippen molar-refractivity contribution >= 4 is 17.7 Å². The molecule has 1 unspecified atom stereocenters. The van der Waals surface area contributed by atoms with E-state index in [0.29, 0.717) is 19.4 Å². The van der Waals surface area contributed by atoms with E-state index in [4.69, 9.17) is 24.0 Å². The first-order valence-corrected chi connectivity index (χ1v) is 10.5. The maximum absolute atomic E-state index is 12.1. The predicted molar refractivity (Wildman–Crippen MR) is 112 cm³/mol. The molecule has 13 nitrogen and oxygen atoms in total. The molecule has 0 saturated carbocycles. The molecule has 1 atom stereocenters. The number of nitrogens with zero attached hydrogens (tertiary/aromatic N) is 2. The molecule has 1 aliphatic heterocycles. The van der Waals surface area contributed by atoms with Crippen molar-refractivity contribution in [2.24, 2.45) is 0 Å². The van der Waals surface area contributed by atoms with Crippen LogP contribution in [-0.4, -0.2) is 88.0 Å². The molecule has 1 heterocycles. The minimum Gasteiger partial charge on any atom is -0.357 e. The van der Waals surface area contributed by atoms with Gasteiger partial charge < -0.3 is 14.8 Å². The Morgan fingerprint density at radius 1 is 1.06 bits per heavy atom. The summed E-state index contributed by atoms with van der Waals surface area (Å²) in [6.07, 6.45) is 4.98. The third-order valence-electron chi connectivity index (χ3n) is 4.17. The van der Waals surface area contributed by atoms with Gasteiger partial charge in [-0.3, -0.25) is 28.9 Å². The van der Waals surface area contributed by atoms with Crippen molar-refractivity contribution in [3.8, 4) is 0 Å². The summed E-state index contributed by atoms with van der Waals surface area (Å²) in [5.74, 6) is -1.17. The van der Waals surface area contributed by atoms with Gasteiger partial charge in [-0.2, -0.15) is 16.0 Å². The summed E-state index contributed by atoms with van der Waals surface area (Å²) in [6.45, 7) is 3.00. The van der Waals surface area contributed by atoms with Crippen molar-refractivity contribution in [3.05, 3.63) is 12.2 Å². The fourth-order valence-electron chi connectivity index (χ4n) is 2.57. The highest BCUT2D eigenvalue weighted by atomic mass is 16.8. The Labute approximate surface area is 188 Å². The Balaban J connectivity index is 2.57. The zero-order chi connectivity index (χ0) is 23.6. The number of carbonyl (C=O) groups is 3. The molecule has 0 aromatic carbocycles. The number of unbranched alkanes of at least 4 members (excludes halogenated alkanes) is 1. The second-order valence-electron chi connectivity index (χ2n) is 6.70. The molecular formula is C19H35N5O8. The summed E-state index contributed by atoms with van der Waals surface area (Å²) in [7, 11) is 3.04. The largest absolute Gasteiger partial charge is 0.357 e. The van der Waals surface area contributed by atoms with Gasteiger partial charge in [0.2, 0.25) is 5.91 Å². The van der Waals surface area contributed by atoms with Crippen LogP contribution in [0.2, 0.25) is 0 Å². The normalized spacial score (nSPS) is 14.6. The van der Waals surface area contributed by atoms with Crippen molar-refractivity contribution < 1.29 is 38.4 Å². The lowest BCUT2D eigenvalue weighted by Crippen LogP contribution is -2.50. The van der Waals surface area contributed by atoms with E-state index in [-0.39, 0.29) is 45.2 Å². The zero-order valence-corrected chi connectivity index (χ0v) is 19.0. The van der Waals surface area contributed by atoms with Gasteiger partial charge >= 0.3 is 0 Å². The molecule has 1 aliphatic rings. The average Bonchev–Trinajstić information content (AvgIpc) is 3.12. The molecule has 0 aliphatic carbocycles. The van der Waals surface area contributed by atoms with Crippen LogP contribution in [-0.2, 0) is 38.4 Å². The molecule has 0 fully saturated rings. The van der Waals surface area contributed by atoms with Crippen LogP contribution in [0.25, 0.3) is 0 Å². The average molecular weight is 462 g/mol. The summed E-state index contributed by atoms with van der Waals surface area (Å²) in [5, 5.41) is 4.74. The number of ether oxygens (including phenoxy) is 2. The minimum absolute atomic E-state index is 0.0443. The Bertz CT molecular complexity index is 574. The van der Waals surface area contributed by atoms with Crippen LogP contribution in [0.5, 0.6) is 0 Å². The van der Waals surface area contributed by atoms with Crippen LogP contribution in [0.4, 0.5) is 0 Å². The standard InChI is InChI=1S/C19H35N5O8/c1-4-17(25)20-11-12-23(24-18(26)8-9-19(24)27)32-13-16(22-31-15-29-3)7-5-6-10-21-30-14-28-2/h8-9,16,21-22H,4-7,10-15H2,1-3H3,(H,20,25). The Morgan fingerprint density at radius 3 is 2.41 bits per heavy atom. The van der Waals surface area contributed by atoms with E-state index in [9.17, 15) is 14.4 Å². The van der Waals surface area contributed by atoms with Gasteiger partial charge in [0.05, 0.1) is 19.2 Å². The SMILES string of the molecule is CCC(=O)NCCN(OCC(CCCCNOCOC)NOCOC)N1C(=O)C=CC1=O. The fourth-order valence-corrected chi connectivity index (χ4v) is 2.57. The van der Waals surface area contributed by atoms with Gasteiger partial charge in [-0.05, 0) is 12.8 Å². The molecule has 0 saturated heterocycles. The van der Waals surface area contributed by atoms with E-state index in [1.807, 2.05) is 0 Å². The predicted octanol–water partition coefficient (Wildman–Crippen LogP) is -0.625. The van der Waals surface area contributed by atoms with Crippen LogP contribution >= 0.6 is 0 Å². The van der Waals surface area contributed by atoms with Crippen molar-refractivity contribution in [3.63, 3.8) is 0 Å². The number of amides is 3. The summed E-state index contributed by atoms with van der Waals surface area (Å²) >= 11 is 0. The third-order valence-corrected chi connectivity index (χ3v) is 4.17. The molecule has 0 aromatic rings. The number of hydrogen-bond acceptors (Lipinski definition) is 11. The quantitative estimate of drug-likeness (QED) is 0.0924. The summed E-state index contributed by atoms with van der Waals surface area (Å²) < 4.78 is 9.65. The summed E-state index contributed by atoms with van der Waals surface area (Å²) in [4.78, 5) is 51.7. The van der Waals surface area contributed by atoms with Gasteiger partial charge in [-0.25, -0.2) is 0 Å². The van der Waals surface area contributed by atoms with Gasteiger partial charge in [0.1, 0.15) is 0 Å². The number of rotatable bonds is 20. The smallest absolute Gasteiger partial charge is 0.270 e. The number of methoxy groups -OCH3 is 2. The lowest BCUT2D eigenvalue weighted by atomic mass is 10.1. The first kappa shape index (κ1) is 28.1. The van der Waals surface area contributed by atoms with Crippen LogP contribution in [0, 0.1) is 0 Å². The highest BCUT2D eigenvalue weighted by Crippen LogP contribution is 2.11. The highest BCUT2D eigenvalue weighted by molar-refractivity contribution is 6.12. The number of carbonyl (C=O) groups excluding carboxylic acids is 3. The van der Waals surface area contributed by atoms with Crippen LogP contribution < -0.4 is 16.3 Å². The molecule has 184 valence electrons.